The van der Waals surface area contributed by atoms with Crippen molar-refractivity contribution in [1.82, 2.24) is 4.90 Å². The number of rotatable bonds is 4. The normalized spacial score (nSPS) is 25.2. The van der Waals surface area contributed by atoms with Gasteiger partial charge < -0.3 is 15.7 Å². The molecule has 1 saturated heterocycles. The Hall–Kier alpha value is -0.630. The van der Waals surface area contributed by atoms with E-state index in [1.165, 1.54) is 23.2 Å². The molecule has 1 fully saturated rings. The van der Waals surface area contributed by atoms with Crippen molar-refractivity contribution in [2.24, 2.45) is 5.73 Å². The Labute approximate surface area is 127 Å². The van der Waals surface area contributed by atoms with Crippen LogP contribution in [0.5, 0.6) is 0 Å². The number of aliphatic hydroxyl groups excluding tert-OH is 1. The molecule has 0 bridgehead atoms. The molecular formula is C13H19FN2O2S2. The van der Waals surface area contributed by atoms with E-state index >= 15 is 0 Å². The summed E-state index contributed by atoms with van der Waals surface area (Å²) in [7, 11) is 0. The van der Waals surface area contributed by atoms with E-state index in [0.717, 1.165) is 0 Å². The van der Waals surface area contributed by atoms with Crippen molar-refractivity contribution in [3.8, 4) is 0 Å². The summed E-state index contributed by atoms with van der Waals surface area (Å²) >= 11 is 5.79. The number of halogens is 1. The molecule has 112 valence electrons. The minimum absolute atomic E-state index is 0.0701. The fourth-order valence-corrected chi connectivity index (χ4v) is 3.29. The fourth-order valence-electron chi connectivity index (χ4n) is 2.32. The van der Waals surface area contributed by atoms with Gasteiger partial charge in [-0.3, -0.25) is 4.79 Å². The third kappa shape index (κ3) is 3.00. The topological polar surface area (TPSA) is 66.6 Å². The van der Waals surface area contributed by atoms with Crippen molar-refractivity contribution in [3.63, 3.8) is 0 Å². The average molecular weight is 318 g/mol. The van der Waals surface area contributed by atoms with Crippen molar-refractivity contribution in [2.45, 2.75) is 36.4 Å². The van der Waals surface area contributed by atoms with E-state index in [9.17, 15) is 14.3 Å². The summed E-state index contributed by atoms with van der Waals surface area (Å²) < 4.78 is 13.2. The number of aliphatic hydroxyl groups is 1. The largest absolute Gasteiger partial charge is 0.387 e. The summed E-state index contributed by atoms with van der Waals surface area (Å²) in [5.74, 6) is -0.369. The molecule has 20 heavy (non-hydrogen) atoms. The number of carbonyl (C=O) groups is 1. The SMILES string of the molecule is C[C@](N)(C(=O)N1CC[C@H](F)C1)C(S)[C@H](O)c1ccsc1. The highest BCUT2D eigenvalue weighted by atomic mass is 32.1. The first-order chi connectivity index (χ1) is 9.34. The fraction of sp³-hybridized carbons (Fsp3) is 0.615. The Morgan fingerprint density at radius 3 is 2.95 bits per heavy atom. The lowest BCUT2D eigenvalue weighted by Gasteiger charge is -2.35. The van der Waals surface area contributed by atoms with Gasteiger partial charge in [0, 0.05) is 6.54 Å². The molecule has 4 atom stereocenters. The van der Waals surface area contributed by atoms with E-state index in [0.29, 0.717) is 18.5 Å². The van der Waals surface area contributed by atoms with Gasteiger partial charge in [-0.05, 0) is 35.7 Å². The molecule has 3 N–H and O–H groups in total. The van der Waals surface area contributed by atoms with E-state index in [4.69, 9.17) is 5.73 Å². The maximum Gasteiger partial charge on any atom is 0.243 e. The van der Waals surface area contributed by atoms with Gasteiger partial charge in [0.1, 0.15) is 11.7 Å². The molecule has 2 rings (SSSR count). The molecule has 0 aromatic carbocycles. The number of nitrogens with two attached hydrogens (primary N) is 1. The van der Waals surface area contributed by atoms with Crippen LogP contribution in [0.1, 0.15) is 25.0 Å². The Bertz CT molecular complexity index is 467. The van der Waals surface area contributed by atoms with E-state index in [-0.39, 0.29) is 12.5 Å². The lowest BCUT2D eigenvalue weighted by molar-refractivity contribution is -0.136. The summed E-state index contributed by atoms with van der Waals surface area (Å²) in [5.41, 5.74) is 5.42. The summed E-state index contributed by atoms with van der Waals surface area (Å²) in [6, 6.07) is 1.77. The van der Waals surface area contributed by atoms with Crippen LogP contribution in [0.2, 0.25) is 0 Å². The van der Waals surface area contributed by atoms with Crippen molar-refractivity contribution < 1.29 is 14.3 Å². The Kier molecular flexibility index (Phi) is 4.73. The van der Waals surface area contributed by atoms with Gasteiger partial charge in [0.2, 0.25) is 5.91 Å². The molecule has 0 spiro atoms. The van der Waals surface area contributed by atoms with Gasteiger partial charge in [-0.1, -0.05) is 0 Å². The Balaban J connectivity index is 2.10. The maximum absolute atomic E-state index is 13.2. The monoisotopic (exact) mass is 318 g/mol. The third-order valence-corrected chi connectivity index (χ3v) is 5.20. The molecule has 7 heteroatoms. The number of thiophene rings is 1. The second-order valence-electron chi connectivity index (χ2n) is 5.37. The molecule has 1 amide bonds. The van der Waals surface area contributed by atoms with Crippen molar-refractivity contribution in [3.05, 3.63) is 22.4 Å². The summed E-state index contributed by atoms with van der Waals surface area (Å²) in [6.07, 6.45) is -1.59. The number of nitrogens with zero attached hydrogens (tertiary/aromatic N) is 1. The maximum atomic E-state index is 13.2. The van der Waals surface area contributed by atoms with Crippen molar-refractivity contribution >= 4 is 29.9 Å². The van der Waals surface area contributed by atoms with Gasteiger partial charge in [-0.25, -0.2) is 4.39 Å². The molecular weight excluding hydrogens is 299 g/mol. The molecule has 0 saturated carbocycles. The lowest BCUT2D eigenvalue weighted by Crippen LogP contribution is -2.59. The van der Waals surface area contributed by atoms with Crippen molar-refractivity contribution in [2.75, 3.05) is 13.1 Å². The van der Waals surface area contributed by atoms with Crippen LogP contribution in [0.4, 0.5) is 4.39 Å². The van der Waals surface area contributed by atoms with E-state index in [1.807, 2.05) is 5.38 Å². The van der Waals surface area contributed by atoms with Crippen LogP contribution in [-0.2, 0) is 4.79 Å². The predicted molar refractivity (Wildman–Crippen MR) is 80.7 cm³/mol. The smallest absolute Gasteiger partial charge is 0.243 e. The van der Waals surface area contributed by atoms with Crippen LogP contribution in [-0.4, -0.2) is 46.0 Å². The molecule has 1 aromatic heterocycles. The second kappa shape index (κ2) is 6.01. The second-order valence-corrected chi connectivity index (χ2v) is 6.70. The number of thiol groups is 1. The van der Waals surface area contributed by atoms with Crippen LogP contribution < -0.4 is 5.73 Å². The van der Waals surface area contributed by atoms with Crippen LogP contribution in [0, 0.1) is 0 Å². The van der Waals surface area contributed by atoms with Gasteiger partial charge in [-0.15, -0.1) is 0 Å². The number of likely N-dealkylation sites (tertiary alicyclic amines) is 1. The van der Waals surface area contributed by atoms with E-state index in [2.05, 4.69) is 12.6 Å². The predicted octanol–water partition coefficient (Wildman–Crippen LogP) is 1.37. The van der Waals surface area contributed by atoms with E-state index < -0.39 is 23.1 Å². The number of alkyl halides is 1. The van der Waals surface area contributed by atoms with Gasteiger partial charge in [-0.2, -0.15) is 24.0 Å². The minimum atomic E-state index is -1.35. The van der Waals surface area contributed by atoms with Gasteiger partial charge in [0.25, 0.3) is 0 Å². The molecule has 4 nitrogen and oxygen atoms in total. The number of carbonyl (C=O) groups excluding carboxylic acids is 1. The summed E-state index contributed by atoms with van der Waals surface area (Å²) in [6.45, 7) is 1.97. The Morgan fingerprint density at radius 1 is 1.75 bits per heavy atom. The molecule has 0 aliphatic carbocycles. The standard InChI is InChI=1S/C13H19FN2O2S2/c1-13(15,12(18)16-4-2-9(14)6-16)11(19)10(17)8-3-5-20-7-8/h3,5,7,9-11,17,19H,2,4,6,15H2,1H3/t9-,10+,11?,13+/m0/s1. The number of hydrogen-bond donors (Lipinski definition) is 3. The molecule has 1 unspecified atom stereocenters. The Morgan fingerprint density at radius 2 is 2.45 bits per heavy atom. The zero-order chi connectivity index (χ0) is 14.9. The van der Waals surface area contributed by atoms with Crippen LogP contribution in [0.3, 0.4) is 0 Å². The van der Waals surface area contributed by atoms with Gasteiger partial charge >= 0.3 is 0 Å². The molecule has 0 radical (unpaired) electrons. The minimum Gasteiger partial charge on any atom is -0.387 e. The van der Waals surface area contributed by atoms with Crippen LogP contribution in [0.15, 0.2) is 16.8 Å². The highest BCUT2D eigenvalue weighted by Crippen LogP contribution is 2.31. The third-order valence-electron chi connectivity index (χ3n) is 3.68. The molecule has 1 aliphatic heterocycles. The number of amides is 1. The quantitative estimate of drug-likeness (QED) is 0.735. The number of hydrogen-bond acceptors (Lipinski definition) is 5. The van der Waals surface area contributed by atoms with E-state index in [1.54, 1.807) is 11.4 Å². The summed E-state index contributed by atoms with van der Waals surface area (Å²) in [5, 5.41) is 13.1. The molecule has 1 aromatic rings. The van der Waals surface area contributed by atoms with Gasteiger partial charge in [0.05, 0.1) is 17.9 Å². The van der Waals surface area contributed by atoms with Crippen LogP contribution >= 0.6 is 24.0 Å². The van der Waals surface area contributed by atoms with Crippen LogP contribution in [0.25, 0.3) is 0 Å². The highest BCUT2D eigenvalue weighted by molar-refractivity contribution is 7.81. The average Bonchev–Trinajstić information content (AvgIpc) is 3.06. The van der Waals surface area contributed by atoms with Crippen molar-refractivity contribution in [1.29, 1.82) is 0 Å². The first-order valence-corrected chi connectivity index (χ1v) is 7.90. The zero-order valence-electron chi connectivity index (χ0n) is 11.2. The molecule has 2 heterocycles. The molecule has 1 aliphatic rings. The lowest BCUT2D eigenvalue weighted by atomic mass is 9.91. The summed E-state index contributed by atoms with van der Waals surface area (Å²) in [4.78, 5) is 13.8. The zero-order valence-corrected chi connectivity index (χ0v) is 12.9. The van der Waals surface area contributed by atoms with Gasteiger partial charge in [0.15, 0.2) is 0 Å². The first-order valence-electron chi connectivity index (χ1n) is 6.44. The first kappa shape index (κ1) is 15.8. The highest BCUT2D eigenvalue weighted by Gasteiger charge is 2.44.